The molecule has 0 aliphatic rings. The van der Waals surface area contributed by atoms with Gasteiger partial charge in [0.25, 0.3) is 10.0 Å². The SMILES string of the molecule is O=S(=O)(Nc1cnc(Oc2cnc3ccccc3c2)c(Cl)c1)c1ccccc1. The fourth-order valence-electron chi connectivity index (χ4n) is 2.59. The smallest absolute Gasteiger partial charge is 0.261 e. The second-order valence-electron chi connectivity index (χ2n) is 5.90. The monoisotopic (exact) mass is 411 g/mol. The number of anilines is 1. The Kier molecular flexibility index (Phi) is 4.85. The molecular formula is C20H14ClN3O3S. The zero-order chi connectivity index (χ0) is 19.6. The Morgan fingerprint density at radius 2 is 1.64 bits per heavy atom. The lowest BCUT2D eigenvalue weighted by Gasteiger charge is -2.10. The summed E-state index contributed by atoms with van der Waals surface area (Å²) in [5.74, 6) is 0.632. The van der Waals surface area contributed by atoms with Crippen LogP contribution in [0.2, 0.25) is 5.02 Å². The van der Waals surface area contributed by atoms with Crippen molar-refractivity contribution in [1.29, 1.82) is 0 Å². The zero-order valence-corrected chi connectivity index (χ0v) is 16.0. The van der Waals surface area contributed by atoms with E-state index in [0.29, 0.717) is 5.75 Å². The lowest BCUT2D eigenvalue weighted by molar-refractivity contribution is 0.462. The van der Waals surface area contributed by atoms with Crippen molar-refractivity contribution in [3.8, 4) is 11.6 Å². The highest BCUT2D eigenvalue weighted by molar-refractivity contribution is 7.92. The molecule has 1 N–H and O–H groups in total. The average molecular weight is 412 g/mol. The molecule has 0 atom stereocenters. The van der Waals surface area contributed by atoms with Crippen molar-refractivity contribution in [2.75, 3.05) is 4.72 Å². The van der Waals surface area contributed by atoms with E-state index >= 15 is 0 Å². The number of hydrogen-bond acceptors (Lipinski definition) is 5. The molecule has 0 bridgehead atoms. The number of sulfonamides is 1. The quantitative estimate of drug-likeness (QED) is 0.506. The summed E-state index contributed by atoms with van der Waals surface area (Å²) in [4.78, 5) is 8.59. The van der Waals surface area contributed by atoms with Crippen LogP contribution in [0.15, 0.2) is 84.0 Å². The number of nitrogens with zero attached hydrogens (tertiary/aromatic N) is 2. The molecule has 28 heavy (non-hydrogen) atoms. The minimum absolute atomic E-state index is 0.147. The molecule has 2 heterocycles. The Morgan fingerprint density at radius 3 is 2.43 bits per heavy atom. The van der Waals surface area contributed by atoms with E-state index in [1.165, 1.54) is 24.4 Å². The van der Waals surface area contributed by atoms with Gasteiger partial charge < -0.3 is 4.74 Å². The number of pyridine rings is 2. The maximum Gasteiger partial charge on any atom is 0.261 e. The Bertz CT molecular complexity index is 1250. The lowest BCUT2D eigenvalue weighted by atomic mass is 10.2. The Morgan fingerprint density at radius 1 is 0.893 bits per heavy atom. The van der Waals surface area contributed by atoms with E-state index in [0.717, 1.165) is 10.9 Å². The van der Waals surface area contributed by atoms with Gasteiger partial charge in [0, 0.05) is 5.39 Å². The van der Waals surface area contributed by atoms with Gasteiger partial charge in [-0.2, -0.15) is 0 Å². The molecule has 2 aromatic heterocycles. The molecule has 0 fully saturated rings. The van der Waals surface area contributed by atoms with Gasteiger partial charge in [-0.15, -0.1) is 0 Å². The summed E-state index contributed by atoms with van der Waals surface area (Å²) in [6.45, 7) is 0. The van der Waals surface area contributed by atoms with Crippen molar-refractivity contribution in [3.63, 3.8) is 0 Å². The van der Waals surface area contributed by atoms with Gasteiger partial charge >= 0.3 is 0 Å². The van der Waals surface area contributed by atoms with Crippen LogP contribution in [0.3, 0.4) is 0 Å². The van der Waals surface area contributed by atoms with Gasteiger partial charge in [-0.05, 0) is 30.3 Å². The Balaban J connectivity index is 1.56. The van der Waals surface area contributed by atoms with Crippen LogP contribution in [-0.2, 0) is 10.0 Å². The average Bonchev–Trinajstić information content (AvgIpc) is 2.70. The molecule has 2 aromatic carbocycles. The van der Waals surface area contributed by atoms with Gasteiger partial charge in [-0.25, -0.2) is 13.4 Å². The lowest BCUT2D eigenvalue weighted by Crippen LogP contribution is -2.13. The van der Waals surface area contributed by atoms with Gasteiger partial charge in [0.1, 0.15) is 10.8 Å². The van der Waals surface area contributed by atoms with Crippen molar-refractivity contribution in [3.05, 3.63) is 84.1 Å². The molecule has 140 valence electrons. The number of halogens is 1. The van der Waals surface area contributed by atoms with Gasteiger partial charge in [-0.3, -0.25) is 9.71 Å². The molecule has 4 aromatic rings. The highest BCUT2D eigenvalue weighted by Gasteiger charge is 2.15. The number of nitrogens with one attached hydrogen (secondary N) is 1. The number of rotatable bonds is 5. The summed E-state index contributed by atoms with van der Waals surface area (Å²) in [5, 5.41) is 1.09. The normalized spacial score (nSPS) is 11.3. The largest absolute Gasteiger partial charge is 0.436 e. The molecule has 0 radical (unpaired) electrons. The zero-order valence-electron chi connectivity index (χ0n) is 14.4. The predicted octanol–water partition coefficient (Wildman–Crippen LogP) is 4.88. The highest BCUT2D eigenvalue weighted by Crippen LogP contribution is 2.30. The van der Waals surface area contributed by atoms with Crippen molar-refractivity contribution >= 4 is 38.2 Å². The van der Waals surface area contributed by atoms with Gasteiger partial charge in [0.05, 0.1) is 28.5 Å². The van der Waals surface area contributed by atoms with Crippen LogP contribution in [0.1, 0.15) is 0 Å². The molecular weight excluding hydrogens is 398 g/mol. The maximum absolute atomic E-state index is 12.4. The third-order valence-corrected chi connectivity index (χ3v) is 5.56. The molecule has 6 nitrogen and oxygen atoms in total. The molecule has 0 aliphatic heterocycles. The van der Waals surface area contributed by atoms with E-state index in [2.05, 4.69) is 14.7 Å². The summed E-state index contributed by atoms with van der Waals surface area (Å²) in [6, 6.07) is 18.9. The summed E-state index contributed by atoms with van der Waals surface area (Å²) in [7, 11) is -3.73. The van der Waals surface area contributed by atoms with Crippen molar-refractivity contribution in [2.24, 2.45) is 0 Å². The first-order valence-corrected chi connectivity index (χ1v) is 10.1. The maximum atomic E-state index is 12.4. The first kappa shape index (κ1) is 18.2. The fourth-order valence-corrected chi connectivity index (χ4v) is 3.85. The Hall–Kier alpha value is -3.16. The number of ether oxygens (including phenoxy) is 1. The van der Waals surface area contributed by atoms with Crippen LogP contribution in [0, 0.1) is 0 Å². The predicted molar refractivity (Wildman–Crippen MR) is 108 cm³/mol. The van der Waals surface area contributed by atoms with Crippen molar-refractivity contribution < 1.29 is 13.2 Å². The summed E-state index contributed by atoms with van der Waals surface area (Å²) >= 11 is 6.23. The first-order valence-electron chi connectivity index (χ1n) is 8.27. The number of aromatic nitrogens is 2. The van der Waals surface area contributed by atoms with Crippen LogP contribution in [0.5, 0.6) is 11.6 Å². The van der Waals surface area contributed by atoms with E-state index < -0.39 is 10.0 Å². The molecule has 0 spiro atoms. The van der Waals surface area contributed by atoms with Crippen LogP contribution in [-0.4, -0.2) is 18.4 Å². The summed E-state index contributed by atoms with van der Waals surface area (Å²) in [5.41, 5.74) is 1.08. The third kappa shape index (κ3) is 3.90. The van der Waals surface area contributed by atoms with E-state index in [9.17, 15) is 8.42 Å². The van der Waals surface area contributed by atoms with E-state index in [4.69, 9.17) is 16.3 Å². The van der Waals surface area contributed by atoms with Crippen LogP contribution in [0.4, 0.5) is 5.69 Å². The summed E-state index contributed by atoms with van der Waals surface area (Å²) in [6.07, 6.45) is 2.92. The topological polar surface area (TPSA) is 81.2 Å². The number of fused-ring (bicyclic) bond motifs is 1. The minimum Gasteiger partial charge on any atom is -0.436 e. The number of benzene rings is 2. The highest BCUT2D eigenvalue weighted by atomic mass is 35.5. The fraction of sp³-hybridized carbons (Fsp3) is 0. The molecule has 0 unspecified atom stereocenters. The van der Waals surface area contributed by atoms with Crippen molar-refractivity contribution in [2.45, 2.75) is 4.90 Å². The number of para-hydroxylation sites is 1. The van der Waals surface area contributed by atoms with Crippen LogP contribution >= 0.6 is 11.6 Å². The second kappa shape index (κ2) is 7.46. The Labute approximate surface area is 166 Å². The first-order chi connectivity index (χ1) is 13.5. The van der Waals surface area contributed by atoms with E-state index in [1.807, 2.05) is 30.3 Å². The molecule has 0 saturated carbocycles. The summed E-state index contributed by atoms with van der Waals surface area (Å²) < 4.78 is 32.9. The second-order valence-corrected chi connectivity index (χ2v) is 7.98. The van der Waals surface area contributed by atoms with Crippen LogP contribution in [0.25, 0.3) is 10.9 Å². The van der Waals surface area contributed by atoms with Gasteiger partial charge in [0.2, 0.25) is 5.88 Å². The molecule has 0 saturated heterocycles. The van der Waals surface area contributed by atoms with Gasteiger partial charge in [-0.1, -0.05) is 48.0 Å². The van der Waals surface area contributed by atoms with Crippen molar-refractivity contribution in [1.82, 2.24) is 9.97 Å². The molecule has 0 aliphatic carbocycles. The minimum atomic E-state index is -3.73. The number of hydrogen-bond donors (Lipinski definition) is 1. The van der Waals surface area contributed by atoms with Crippen LogP contribution < -0.4 is 9.46 Å². The molecule has 8 heteroatoms. The van der Waals surface area contributed by atoms with E-state index in [-0.39, 0.29) is 21.5 Å². The van der Waals surface area contributed by atoms with Gasteiger partial charge in [0.15, 0.2) is 0 Å². The molecule has 4 rings (SSSR count). The van der Waals surface area contributed by atoms with E-state index in [1.54, 1.807) is 24.4 Å². The third-order valence-electron chi connectivity index (χ3n) is 3.89. The standard InChI is InChI=1S/C20H14ClN3O3S/c21-18-11-15(24-28(25,26)17-7-2-1-3-8-17)12-23-20(18)27-16-10-14-6-4-5-9-19(14)22-13-16/h1-13,24H. The molecule has 0 amide bonds.